The van der Waals surface area contributed by atoms with Crippen LogP contribution in [0.4, 0.5) is 5.69 Å². The highest BCUT2D eigenvalue weighted by atomic mass is 79.9. The number of aryl methyl sites for hydroxylation is 1. The zero-order chi connectivity index (χ0) is 24.4. The van der Waals surface area contributed by atoms with Crippen molar-refractivity contribution >= 4 is 61.9 Å². The third-order valence-electron chi connectivity index (χ3n) is 4.83. The lowest BCUT2D eigenvalue weighted by Gasteiger charge is -2.10. The molecule has 4 aromatic rings. The molecule has 1 heterocycles. The highest BCUT2D eigenvalue weighted by Crippen LogP contribution is 2.36. The normalized spacial score (nSPS) is 11.3. The number of fused-ring (bicyclic) bond motifs is 1. The number of aromatic nitrogens is 2. The Kier molecular flexibility index (Phi) is 6.97. The molecule has 8 nitrogen and oxygen atoms in total. The van der Waals surface area contributed by atoms with Crippen LogP contribution in [-0.2, 0) is 6.61 Å². The van der Waals surface area contributed by atoms with Crippen molar-refractivity contribution in [1.82, 2.24) is 9.66 Å². The molecule has 1 aromatic heterocycles. The maximum absolute atomic E-state index is 12.9. The third-order valence-corrected chi connectivity index (χ3v) is 5.86. The number of benzene rings is 3. The van der Waals surface area contributed by atoms with Crippen molar-refractivity contribution < 1.29 is 9.66 Å². The van der Waals surface area contributed by atoms with Gasteiger partial charge in [0.05, 0.1) is 27.1 Å². The molecule has 11 heteroatoms. The Bertz CT molecular complexity index is 1500. The molecule has 0 aliphatic carbocycles. The first kappa shape index (κ1) is 23.9. The Morgan fingerprint density at radius 3 is 2.62 bits per heavy atom. The fourth-order valence-electron chi connectivity index (χ4n) is 3.21. The van der Waals surface area contributed by atoms with E-state index in [1.807, 2.05) is 0 Å². The number of rotatable bonds is 6. The molecule has 0 spiro atoms. The van der Waals surface area contributed by atoms with Gasteiger partial charge in [-0.15, -0.1) is 0 Å². The minimum atomic E-state index is -0.590. The van der Waals surface area contributed by atoms with Gasteiger partial charge in [0, 0.05) is 21.1 Å². The lowest BCUT2D eigenvalue weighted by molar-refractivity contribution is -0.385. The Labute approximate surface area is 211 Å². The monoisotopic (exact) mass is 560 g/mol. The van der Waals surface area contributed by atoms with E-state index < -0.39 is 4.92 Å². The molecule has 0 radical (unpaired) electrons. The van der Waals surface area contributed by atoms with Crippen LogP contribution >= 0.6 is 39.1 Å². The van der Waals surface area contributed by atoms with Gasteiger partial charge in [0.2, 0.25) is 5.75 Å². The summed E-state index contributed by atoms with van der Waals surface area (Å²) in [5, 5.41) is 16.9. The molecule has 0 amide bonds. The summed E-state index contributed by atoms with van der Waals surface area (Å²) < 4.78 is 7.50. The van der Waals surface area contributed by atoms with Gasteiger partial charge in [-0.2, -0.15) is 9.78 Å². The number of hydrogen-bond acceptors (Lipinski definition) is 6. The van der Waals surface area contributed by atoms with Crippen LogP contribution in [0.2, 0.25) is 10.0 Å². The first-order chi connectivity index (χ1) is 16.2. The highest BCUT2D eigenvalue weighted by molar-refractivity contribution is 9.10. The van der Waals surface area contributed by atoms with E-state index in [0.29, 0.717) is 27.3 Å². The van der Waals surface area contributed by atoms with Gasteiger partial charge in [0.25, 0.3) is 5.56 Å². The van der Waals surface area contributed by atoms with Crippen LogP contribution < -0.4 is 10.3 Å². The van der Waals surface area contributed by atoms with E-state index in [9.17, 15) is 14.9 Å². The quantitative estimate of drug-likeness (QED) is 0.160. The molecule has 0 fully saturated rings. The molecule has 4 rings (SSSR count). The predicted molar refractivity (Wildman–Crippen MR) is 135 cm³/mol. The van der Waals surface area contributed by atoms with Gasteiger partial charge in [-0.3, -0.25) is 14.9 Å². The van der Waals surface area contributed by atoms with Gasteiger partial charge < -0.3 is 4.74 Å². The second kappa shape index (κ2) is 9.92. The van der Waals surface area contributed by atoms with Crippen molar-refractivity contribution in [3.8, 4) is 5.75 Å². The molecule has 34 heavy (non-hydrogen) atoms. The van der Waals surface area contributed by atoms with Crippen LogP contribution in [0.15, 0.2) is 69.0 Å². The topological polar surface area (TPSA) is 99.6 Å². The second-order valence-electron chi connectivity index (χ2n) is 7.21. The van der Waals surface area contributed by atoms with Gasteiger partial charge in [-0.25, -0.2) is 4.98 Å². The summed E-state index contributed by atoms with van der Waals surface area (Å²) >= 11 is 15.5. The molecule has 0 aliphatic rings. The number of hydrogen-bond donors (Lipinski definition) is 0. The fourth-order valence-corrected chi connectivity index (χ4v) is 3.97. The van der Waals surface area contributed by atoms with Gasteiger partial charge in [0.1, 0.15) is 12.4 Å². The Morgan fingerprint density at radius 2 is 1.91 bits per heavy atom. The standard InChI is InChI=1S/C23H15BrCl2N4O4/c1-13-28-20-7-4-16(24)10-18(20)23(31)29(13)27-11-15-8-19(26)22(21(9-15)30(32)33)34-12-14-2-5-17(25)6-3-14/h2-11H,12H2,1H3. The largest absolute Gasteiger partial charge is 0.481 e. The molecule has 0 bridgehead atoms. The summed E-state index contributed by atoms with van der Waals surface area (Å²) in [6.45, 7) is 1.71. The van der Waals surface area contributed by atoms with Crippen LogP contribution in [0, 0.1) is 17.0 Å². The fraction of sp³-hybridized carbons (Fsp3) is 0.0870. The van der Waals surface area contributed by atoms with Crippen molar-refractivity contribution in [2.24, 2.45) is 5.10 Å². The van der Waals surface area contributed by atoms with Gasteiger partial charge in [0.15, 0.2) is 0 Å². The highest BCUT2D eigenvalue weighted by Gasteiger charge is 2.21. The van der Waals surface area contributed by atoms with Crippen LogP contribution in [0.3, 0.4) is 0 Å². The third kappa shape index (κ3) is 5.11. The van der Waals surface area contributed by atoms with Gasteiger partial charge >= 0.3 is 5.69 Å². The lowest BCUT2D eigenvalue weighted by atomic mass is 10.2. The zero-order valence-corrected chi connectivity index (χ0v) is 20.6. The van der Waals surface area contributed by atoms with E-state index in [1.165, 1.54) is 18.3 Å². The second-order valence-corrected chi connectivity index (χ2v) is 8.96. The van der Waals surface area contributed by atoms with Crippen molar-refractivity contribution in [2.45, 2.75) is 13.5 Å². The van der Waals surface area contributed by atoms with Crippen LogP contribution in [0.25, 0.3) is 10.9 Å². The zero-order valence-electron chi connectivity index (χ0n) is 17.5. The number of nitro groups is 1. The molecule has 0 saturated heterocycles. The smallest absolute Gasteiger partial charge is 0.313 e. The molecular weight excluding hydrogens is 547 g/mol. The average molecular weight is 562 g/mol. The SMILES string of the molecule is Cc1nc2ccc(Br)cc2c(=O)n1N=Cc1cc(Cl)c(OCc2ccc(Cl)cc2)c([N+](=O)[O-])c1. The first-order valence-corrected chi connectivity index (χ1v) is 11.4. The minimum absolute atomic E-state index is 0.0363. The summed E-state index contributed by atoms with van der Waals surface area (Å²) in [7, 11) is 0. The summed E-state index contributed by atoms with van der Waals surface area (Å²) in [6, 6.07) is 14.8. The minimum Gasteiger partial charge on any atom is -0.481 e. The van der Waals surface area contributed by atoms with Gasteiger partial charge in [-0.05, 0) is 48.9 Å². The predicted octanol–water partition coefficient (Wildman–Crippen LogP) is 6.14. The van der Waals surface area contributed by atoms with E-state index in [4.69, 9.17) is 27.9 Å². The summed E-state index contributed by atoms with van der Waals surface area (Å²) in [4.78, 5) is 28.4. The Morgan fingerprint density at radius 1 is 1.18 bits per heavy atom. The van der Waals surface area contributed by atoms with E-state index in [1.54, 1.807) is 49.4 Å². The summed E-state index contributed by atoms with van der Waals surface area (Å²) in [6.07, 6.45) is 1.31. The maximum atomic E-state index is 12.9. The molecule has 0 aliphatic heterocycles. The molecule has 172 valence electrons. The van der Waals surface area contributed by atoms with Crippen molar-refractivity contribution in [3.05, 3.63) is 107 Å². The molecule has 0 N–H and O–H groups in total. The van der Waals surface area contributed by atoms with E-state index in [0.717, 1.165) is 14.7 Å². The number of nitrogens with zero attached hydrogens (tertiary/aromatic N) is 4. The molecule has 0 saturated carbocycles. The first-order valence-electron chi connectivity index (χ1n) is 9.81. The van der Waals surface area contributed by atoms with Crippen molar-refractivity contribution in [2.75, 3.05) is 0 Å². The van der Waals surface area contributed by atoms with Crippen LogP contribution in [0.5, 0.6) is 5.75 Å². The summed E-state index contributed by atoms with van der Waals surface area (Å²) in [5.74, 6) is 0.295. The van der Waals surface area contributed by atoms with Crippen LogP contribution in [0.1, 0.15) is 17.0 Å². The van der Waals surface area contributed by atoms with Gasteiger partial charge in [-0.1, -0.05) is 51.3 Å². The van der Waals surface area contributed by atoms with Crippen molar-refractivity contribution in [3.63, 3.8) is 0 Å². The van der Waals surface area contributed by atoms with E-state index in [-0.39, 0.29) is 28.6 Å². The number of ether oxygens (including phenoxy) is 1. The average Bonchev–Trinajstić information content (AvgIpc) is 2.79. The number of nitro benzene ring substituents is 1. The van der Waals surface area contributed by atoms with Crippen molar-refractivity contribution in [1.29, 1.82) is 0 Å². The molecule has 0 atom stereocenters. The Balaban J connectivity index is 1.67. The molecule has 0 unspecified atom stereocenters. The lowest BCUT2D eigenvalue weighted by Crippen LogP contribution is -2.20. The molecular formula is C23H15BrCl2N4O4. The number of halogens is 3. The summed E-state index contributed by atoms with van der Waals surface area (Å²) in [5.41, 5.74) is 0.927. The van der Waals surface area contributed by atoms with E-state index in [2.05, 4.69) is 26.0 Å². The molecule has 3 aromatic carbocycles. The van der Waals surface area contributed by atoms with Crippen LogP contribution in [-0.4, -0.2) is 20.8 Å². The van der Waals surface area contributed by atoms with E-state index >= 15 is 0 Å². The Hall–Kier alpha value is -3.27. The maximum Gasteiger partial charge on any atom is 0.313 e.